The van der Waals surface area contributed by atoms with Gasteiger partial charge in [0.15, 0.2) is 11.1 Å². The molecule has 0 aliphatic carbocycles. The van der Waals surface area contributed by atoms with Crippen molar-refractivity contribution in [1.29, 1.82) is 5.41 Å². The van der Waals surface area contributed by atoms with Gasteiger partial charge in [0.05, 0.1) is 31.8 Å². The molecule has 134 valence electrons. The van der Waals surface area contributed by atoms with E-state index in [2.05, 4.69) is 19.9 Å². The fraction of sp³-hybridized carbons (Fsp3) is 0.250. The number of aromatic amines is 1. The van der Waals surface area contributed by atoms with Crippen LogP contribution in [0.15, 0.2) is 18.9 Å². The molecular formula is C12H15ClN8O4. The number of H-pyrrole nitrogens is 1. The average molecular weight is 371 g/mol. The monoisotopic (exact) mass is 370 g/mol. The second-order valence-corrected chi connectivity index (χ2v) is 5.77. The first-order valence-electron chi connectivity index (χ1n) is 6.72. The molecule has 3 aromatic heterocycles. The minimum absolute atomic E-state index is 0.175. The number of nitrogens with one attached hydrogen (secondary N) is 2. The standard InChI is InChI=1S/C12H14N8.ClHO4/c1-7-18-10(13)8(3-19(7)2)4-20-6-17-11(14)9-12(20)16-5-15-9;2-1(3,4)5/h3,5-6,13H,4H2,1-2H3,(H2,14,15,16);(H,2,3,4,5). The van der Waals surface area contributed by atoms with Crippen molar-refractivity contribution in [1.82, 2.24) is 24.5 Å². The van der Waals surface area contributed by atoms with Crippen molar-refractivity contribution in [2.75, 3.05) is 5.73 Å². The zero-order valence-electron chi connectivity index (χ0n) is 13.3. The first-order chi connectivity index (χ1) is 11.6. The predicted molar refractivity (Wildman–Crippen MR) is 71.4 cm³/mol. The van der Waals surface area contributed by atoms with Crippen molar-refractivity contribution in [3.05, 3.63) is 35.7 Å². The molecule has 12 nitrogen and oxygen atoms in total. The summed E-state index contributed by atoms with van der Waals surface area (Å²) < 4.78 is 37.7. The van der Waals surface area contributed by atoms with E-state index in [9.17, 15) is 0 Å². The van der Waals surface area contributed by atoms with Crippen LogP contribution in [0.2, 0.25) is 0 Å². The van der Waals surface area contributed by atoms with E-state index in [1.807, 2.05) is 29.3 Å². The van der Waals surface area contributed by atoms with E-state index in [1.165, 1.54) is 0 Å². The van der Waals surface area contributed by atoms with E-state index in [0.29, 0.717) is 23.5 Å². The van der Waals surface area contributed by atoms with Gasteiger partial charge in [-0.3, -0.25) is 5.41 Å². The van der Waals surface area contributed by atoms with Gasteiger partial charge in [-0.25, -0.2) is 33.2 Å². The van der Waals surface area contributed by atoms with Gasteiger partial charge in [0.2, 0.25) is 5.82 Å². The van der Waals surface area contributed by atoms with Crippen molar-refractivity contribution in [3.63, 3.8) is 0 Å². The van der Waals surface area contributed by atoms with Crippen LogP contribution in [0.3, 0.4) is 0 Å². The summed E-state index contributed by atoms with van der Waals surface area (Å²) in [5.74, 6) is 1.34. The van der Waals surface area contributed by atoms with E-state index in [1.54, 1.807) is 12.7 Å². The van der Waals surface area contributed by atoms with Gasteiger partial charge in [0.25, 0.3) is 5.82 Å². The summed E-state index contributed by atoms with van der Waals surface area (Å²) in [5, 5.41) is 7.72. The number of aromatic nitrogens is 6. The lowest BCUT2D eigenvalue weighted by molar-refractivity contribution is -2.00. The fourth-order valence-electron chi connectivity index (χ4n) is 2.07. The maximum absolute atomic E-state index is 8.49. The summed E-state index contributed by atoms with van der Waals surface area (Å²) in [4.78, 5) is 15.5. The molecule has 3 aromatic rings. The highest BCUT2D eigenvalue weighted by molar-refractivity contribution is 5.68. The quantitative estimate of drug-likeness (QED) is 0.370. The van der Waals surface area contributed by atoms with Crippen LogP contribution < -0.4 is 34.4 Å². The van der Waals surface area contributed by atoms with Crippen LogP contribution in [0.5, 0.6) is 0 Å². The first kappa shape index (κ1) is 18.7. The second-order valence-electron chi connectivity index (χ2n) is 5.01. The smallest absolute Gasteiger partial charge is 0.297 e. The van der Waals surface area contributed by atoms with Crippen molar-refractivity contribution in [2.24, 2.45) is 7.05 Å². The van der Waals surface area contributed by atoms with Gasteiger partial charge in [0.1, 0.15) is 11.7 Å². The molecule has 0 bridgehead atoms. The Kier molecular flexibility index (Phi) is 5.30. The third-order valence-corrected chi connectivity index (χ3v) is 3.27. The number of nitrogens with two attached hydrogens (primary N) is 1. The maximum atomic E-state index is 8.49. The lowest BCUT2D eigenvalue weighted by Gasteiger charge is -2.17. The molecule has 0 amide bonds. The number of hydrogen-bond acceptors (Lipinski definition) is 9. The minimum Gasteiger partial charge on any atom is -0.362 e. The molecule has 0 atom stereocenters. The molecule has 0 spiro atoms. The highest BCUT2D eigenvalue weighted by Gasteiger charge is 2.14. The normalized spacial score (nSPS) is 11.3. The molecule has 3 rings (SSSR count). The number of fused-ring (bicyclic) bond motifs is 1. The van der Waals surface area contributed by atoms with Gasteiger partial charge in [-0.1, -0.05) is 0 Å². The minimum atomic E-state index is -4.94. The van der Waals surface area contributed by atoms with Gasteiger partial charge in [0, 0.05) is 6.92 Å². The van der Waals surface area contributed by atoms with Crippen LogP contribution in [0.25, 0.3) is 11.2 Å². The summed E-state index contributed by atoms with van der Waals surface area (Å²) in [6.07, 6.45) is 5.08. The molecule has 0 fully saturated rings. The average Bonchev–Trinajstić information content (AvgIpc) is 2.96. The molecule has 13 heteroatoms. The predicted octanol–water partition coefficient (Wildman–Crippen LogP) is -5.36. The number of halogens is 1. The first-order valence-corrected chi connectivity index (χ1v) is 7.96. The second kappa shape index (κ2) is 7.08. The van der Waals surface area contributed by atoms with Crippen LogP contribution >= 0.6 is 0 Å². The number of imidazole rings is 1. The summed E-state index contributed by atoms with van der Waals surface area (Å²) in [5.41, 5.74) is 8.30. The number of nitrogens with zero attached hydrogens (tertiary/aromatic N) is 5. The van der Waals surface area contributed by atoms with Crippen molar-refractivity contribution in [2.45, 2.75) is 13.5 Å². The molecule has 0 aromatic carbocycles. The van der Waals surface area contributed by atoms with Crippen LogP contribution in [0.1, 0.15) is 11.4 Å². The third kappa shape index (κ3) is 4.91. The van der Waals surface area contributed by atoms with Crippen molar-refractivity contribution >= 4 is 17.0 Å². The summed E-state index contributed by atoms with van der Waals surface area (Å²) in [6.45, 7) is 2.40. The molecular weight excluding hydrogens is 356 g/mol. The van der Waals surface area contributed by atoms with Crippen LogP contribution in [0.4, 0.5) is 5.82 Å². The molecule has 0 saturated heterocycles. The molecule has 0 saturated carbocycles. The zero-order chi connectivity index (χ0) is 18.8. The van der Waals surface area contributed by atoms with Gasteiger partial charge >= 0.3 is 0 Å². The molecule has 4 N–H and O–H groups in total. The summed E-state index contributed by atoms with van der Waals surface area (Å²) in [6, 6.07) is 0. The number of anilines is 1. The molecule has 0 unspecified atom stereocenters. The Labute approximate surface area is 143 Å². The van der Waals surface area contributed by atoms with Crippen LogP contribution in [-0.4, -0.2) is 24.5 Å². The molecule has 3 heterocycles. The van der Waals surface area contributed by atoms with Gasteiger partial charge in [-0.05, 0) is 4.98 Å². The van der Waals surface area contributed by atoms with E-state index in [0.717, 1.165) is 11.4 Å². The Balaban J connectivity index is 0.000000399. The molecule has 0 aliphatic heterocycles. The molecule has 25 heavy (non-hydrogen) atoms. The van der Waals surface area contributed by atoms with Gasteiger partial charge in [-0.2, -0.15) is 0 Å². The van der Waals surface area contributed by atoms with Crippen LogP contribution in [-0.2, 0) is 13.6 Å². The topological polar surface area (TPSA) is 205 Å². The SMILES string of the molecule is Cc1nc(N)c(Cn2cnc(=N)c3[nH]cnc32)c[n+]1C.[O-][Cl+3]([O-])([O-])[O-]. The number of rotatable bonds is 2. The van der Waals surface area contributed by atoms with E-state index in [-0.39, 0.29) is 5.49 Å². The highest BCUT2D eigenvalue weighted by atomic mass is 35.7. The molecule has 0 radical (unpaired) electrons. The van der Waals surface area contributed by atoms with E-state index >= 15 is 0 Å². The Morgan fingerprint density at radius 2 is 1.96 bits per heavy atom. The maximum Gasteiger partial charge on any atom is 0.297 e. The lowest BCUT2D eigenvalue weighted by atomic mass is 10.3. The number of aryl methyl sites for hydroxylation is 2. The Morgan fingerprint density at radius 1 is 1.32 bits per heavy atom. The Bertz CT molecular complexity index is 942. The summed E-state index contributed by atoms with van der Waals surface area (Å²) in [7, 11) is -3.02. The number of nitrogen functional groups attached to an aromatic ring is 1. The summed E-state index contributed by atoms with van der Waals surface area (Å²) >= 11 is 0. The van der Waals surface area contributed by atoms with Crippen molar-refractivity contribution < 1.29 is 33.4 Å². The highest BCUT2D eigenvalue weighted by Crippen LogP contribution is 2.11. The van der Waals surface area contributed by atoms with E-state index < -0.39 is 10.2 Å². The number of hydrogen-bond donors (Lipinski definition) is 3. The molecule has 0 aliphatic rings. The van der Waals surface area contributed by atoms with Gasteiger partial charge in [-0.15, -0.1) is 10.2 Å². The fourth-order valence-corrected chi connectivity index (χ4v) is 2.07. The lowest BCUT2D eigenvalue weighted by Crippen LogP contribution is -2.68. The van der Waals surface area contributed by atoms with E-state index in [4.69, 9.17) is 29.8 Å². The third-order valence-electron chi connectivity index (χ3n) is 3.27. The van der Waals surface area contributed by atoms with Gasteiger partial charge < -0.3 is 15.3 Å². The zero-order valence-corrected chi connectivity index (χ0v) is 14.0. The van der Waals surface area contributed by atoms with Crippen LogP contribution in [0, 0.1) is 22.6 Å². The Morgan fingerprint density at radius 3 is 2.60 bits per heavy atom. The largest absolute Gasteiger partial charge is 0.362 e. The Hall–Kier alpha value is -2.64. The van der Waals surface area contributed by atoms with Crippen molar-refractivity contribution in [3.8, 4) is 0 Å².